The molecule has 4 rings (SSSR count). The third-order valence-corrected chi connectivity index (χ3v) is 7.32. The van der Waals surface area contributed by atoms with Gasteiger partial charge in [0.2, 0.25) is 0 Å². The standard InChI is InChI=1S/C24H36N4O3/c1-18(16-23(29)31-3)26-12-8-21(9-13-26)27-14-15-28(24(27)30)22-5-4-19-6-10-25(2)11-7-20(19)17-22/h4-5,17-18,21H,6-16H2,1-3H3. The Labute approximate surface area is 185 Å². The molecular weight excluding hydrogens is 392 g/mol. The number of rotatable bonds is 5. The molecule has 2 amide bonds. The molecule has 2 fully saturated rings. The molecule has 0 saturated carbocycles. The van der Waals surface area contributed by atoms with Gasteiger partial charge in [-0.1, -0.05) is 6.07 Å². The lowest BCUT2D eigenvalue weighted by molar-refractivity contribution is -0.142. The summed E-state index contributed by atoms with van der Waals surface area (Å²) in [7, 11) is 3.62. The van der Waals surface area contributed by atoms with Gasteiger partial charge in [0.1, 0.15) is 0 Å². The summed E-state index contributed by atoms with van der Waals surface area (Å²) >= 11 is 0. The maximum atomic E-state index is 13.3. The highest BCUT2D eigenvalue weighted by Crippen LogP contribution is 2.29. The van der Waals surface area contributed by atoms with Gasteiger partial charge in [0, 0.05) is 57.0 Å². The number of benzene rings is 1. The molecular formula is C24H36N4O3. The Morgan fingerprint density at radius 3 is 2.48 bits per heavy atom. The van der Waals surface area contributed by atoms with Crippen LogP contribution >= 0.6 is 0 Å². The van der Waals surface area contributed by atoms with E-state index in [1.165, 1.54) is 18.2 Å². The zero-order valence-corrected chi connectivity index (χ0v) is 19.2. The molecule has 3 aliphatic rings. The molecule has 0 N–H and O–H groups in total. The fourth-order valence-corrected chi connectivity index (χ4v) is 5.22. The van der Waals surface area contributed by atoms with Crippen LogP contribution in [0.3, 0.4) is 0 Å². The van der Waals surface area contributed by atoms with Crippen molar-refractivity contribution in [1.29, 1.82) is 0 Å². The summed E-state index contributed by atoms with van der Waals surface area (Å²) in [5.74, 6) is -0.160. The van der Waals surface area contributed by atoms with Crippen LogP contribution in [0.15, 0.2) is 18.2 Å². The van der Waals surface area contributed by atoms with E-state index in [4.69, 9.17) is 4.74 Å². The van der Waals surface area contributed by atoms with Gasteiger partial charge in [-0.15, -0.1) is 0 Å². The molecule has 3 aliphatic heterocycles. The summed E-state index contributed by atoms with van der Waals surface area (Å²) in [6, 6.07) is 7.20. The summed E-state index contributed by atoms with van der Waals surface area (Å²) in [6.07, 6.45) is 4.47. The van der Waals surface area contributed by atoms with Crippen molar-refractivity contribution in [3.05, 3.63) is 29.3 Å². The lowest BCUT2D eigenvalue weighted by Gasteiger charge is -2.39. The number of methoxy groups -OCH3 is 1. The Balaban J connectivity index is 1.35. The average molecular weight is 429 g/mol. The maximum Gasteiger partial charge on any atom is 0.324 e. The number of ether oxygens (including phenoxy) is 1. The summed E-state index contributed by atoms with van der Waals surface area (Å²) < 4.78 is 4.80. The van der Waals surface area contributed by atoms with Crippen LogP contribution in [0, 0.1) is 0 Å². The van der Waals surface area contributed by atoms with Gasteiger partial charge in [-0.2, -0.15) is 0 Å². The first kappa shape index (κ1) is 22.1. The minimum absolute atomic E-state index is 0.145. The van der Waals surface area contributed by atoms with Crippen molar-refractivity contribution in [3.63, 3.8) is 0 Å². The molecule has 0 aliphatic carbocycles. The molecule has 1 aromatic carbocycles. The Kier molecular flexibility index (Phi) is 6.82. The largest absolute Gasteiger partial charge is 0.469 e. The topological polar surface area (TPSA) is 56.3 Å². The van der Waals surface area contributed by atoms with Crippen LogP contribution in [0.25, 0.3) is 0 Å². The first-order chi connectivity index (χ1) is 15.0. The van der Waals surface area contributed by atoms with Crippen molar-refractivity contribution >= 4 is 17.7 Å². The number of fused-ring (bicyclic) bond motifs is 1. The smallest absolute Gasteiger partial charge is 0.324 e. The highest BCUT2D eigenvalue weighted by Gasteiger charge is 2.37. The van der Waals surface area contributed by atoms with Crippen LogP contribution < -0.4 is 4.90 Å². The zero-order chi connectivity index (χ0) is 22.0. The predicted molar refractivity (Wildman–Crippen MR) is 121 cm³/mol. The fraction of sp³-hybridized carbons (Fsp3) is 0.667. The van der Waals surface area contributed by atoms with Crippen molar-refractivity contribution in [2.75, 3.05) is 58.3 Å². The number of carbonyl (C=O) groups excluding carboxylic acids is 2. The van der Waals surface area contributed by atoms with E-state index in [-0.39, 0.29) is 24.1 Å². The van der Waals surface area contributed by atoms with Crippen LogP contribution in [-0.2, 0) is 22.4 Å². The van der Waals surface area contributed by atoms with Crippen molar-refractivity contribution in [2.24, 2.45) is 0 Å². The molecule has 3 heterocycles. The summed E-state index contributed by atoms with van der Waals surface area (Å²) in [5, 5.41) is 0. The minimum Gasteiger partial charge on any atom is -0.469 e. The third kappa shape index (κ3) is 4.88. The van der Waals surface area contributed by atoms with Gasteiger partial charge < -0.3 is 14.5 Å². The van der Waals surface area contributed by atoms with Crippen LogP contribution in [0.5, 0.6) is 0 Å². The fourth-order valence-electron chi connectivity index (χ4n) is 5.22. The molecule has 2 saturated heterocycles. The summed E-state index contributed by atoms with van der Waals surface area (Å²) in [5.41, 5.74) is 3.85. The number of carbonyl (C=O) groups is 2. The number of anilines is 1. The Bertz CT molecular complexity index is 806. The highest BCUT2D eigenvalue weighted by molar-refractivity contribution is 5.94. The van der Waals surface area contributed by atoms with Crippen LogP contribution in [0.1, 0.15) is 37.3 Å². The number of hydrogen-bond donors (Lipinski definition) is 0. The second-order valence-corrected chi connectivity index (χ2v) is 9.28. The summed E-state index contributed by atoms with van der Waals surface area (Å²) in [4.78, 5) is 33.6. The van der Waals surface area contributed by atoms with Crippen molar-refractivity contribution < 1.29 is 14.3 Å². The molecule has 0 aromatic heterocycles. The Hall–Kier alpha value is -2.12. The molecule has 1 atom stereocenters. The van der Waals surface area contributed by atoms with E-state index in [2.05, 4.69) is 46.9 Å². The molecule has 1 unspecified atom stereocenters. The second-order valence-electron chi connectivity index (χ2n) is 9.28. The number of hydrogen-bond acceptors (Lipinski definition) is 5. The number of esters is 1. The van der Waals surface area contributed by atoms with Crippen molar-refractivity contribution in [1.82, 2.24) is 14.7 Å². The number of urea groups is 1. The monoisotopic (exact) mass is 428 g/mol. The van der Waals surface area contributed by atoms with E-state index in [1.807, 2.05) is 4.90 Å². The third-order valence-electron chi connectivity index (χ3n) is 7.32. The molecule has 7 nitrogen and oxygen atoms in total. The van der Waals surface area contributed by atoms with E-state index in [1.54, 1.807) is 0 Å². The van der Waals surface area contributed by atoms with E-state index >= 15 is 0 Å². The molecule has 1 aromatic rings. The number of likely N-dealkylation sites (N-methyl/N-ethyl adjacent to an activating group) is 1. The molecule has 0 bridgehead atoms. The Morgan fingerprint density at radius 1 is 1.06 bits per heavy atom. The van der Waals surface area contributed by atoms with Gasteiger partial charge in [-0.3, -0.25) is 14.6 Å². The molecule has 170 valence electrons. The van der Waals surface area contributed by atoms with Crippen LogP contribution in [0.4, 0.5) is 10.5 Å². The van der Waals surface area contributed by atoms with Gasteiger partial charge in [0.15, 0.2) is 0 Å². The van der Waals surface area contributed by atoms with Crippen LogP contribution in [0.2, 0.25) is 0 Å². The van der Waals surface area contributed by atoms with Gasteiger partial charge in [-0.25, -0.2) is 4.79 Å². The van der Waals surface area contributed by atoms with Gasteiger partial charge in [0.05, 0.1) is 13.5 Å². The average Bonchev–Trinajstić information content (AvgIpc) is 3.07. The number of likely N-dealkylation sites (tertiary alicyclic amines) is 1. The van der Waals surface area contributed by atoms with Gasteiger partial charge in [0.25, 0.3) is 0 Å². The molecule has 0 spiro atoms. The van der Waals surface area contributed by atoms with Gasteiger partial charge in [-0.05, 0) is 62.9 Å². The van der Waals surface area contributed by atoms with Crippen molar-refractivity contribution in [2.45, 2.75) is 51.1 Å². The molecule has 31 heavy (non-hydrogen) atoms. The first-order valence-corrected chi connectivity index (χ1v) is 11.7. The number of amides is 2. The lowest BCUT2D eigenvalue weighted by Crippen LogP contribution is -2.49. The molecule has 7 heteroatoms. The quantitative estimate of drug-likeness (QED) is 0.674. The predicted octanol–water partition coefficient (Wildman–Crippen LogP) is 2.38. The van der Waals surface area contributed by atoms with E-state index in [9.17, 15) is 9.59 Å². The SMILES string of the molecule is COC(=O)CC(C)N1CCC(N2CCN(c3ccc4c(c3)CCN(C)CC4)C2=O)CC1. The number of piperidine rings is 1. The molecule has 0 radical (unpaired) electrons. The van der Waals surface area contributed by atoms with E-state index in [0.717, 1.165) is 70.6 Å². The highest BCUT2D eigenvalue weighted by atomic mass is 16.5. The second kappa shape index (κ2) is 9.57. The summed E-state index contributed by atoms with van der Waals surface area (Å²) in [6.45, 7) is 7.63. The maximum absolute atomic E-state index is 13.3. The van der Waals surface area contributed by atoms with E-state index in [0.29, 0.717) is 6.42 Å². The normalized spacial score (nSPS) is 22.4. The minimum atomic E-state index is -0.160. The Morgan fingerprint density at radius 2 is 1.77 bits per heavy atom. The first-order valence-electron chi connectivity index (χ1n) is 11.7. The number of nitrogens with zero attached hydrogens (tertiary/aromatic N) is 4. The van der Waals surface area contributed by atoms with Crippen LogP contribution in [-0.4, -0.2) is 92.2 Å². The zero-order valence-electron chi connectivity index (χ0n) is 19.2. The lowest BCUT2D eigenvalue weighted by atomic mass is 10.0. The van der Waals surface area contributed by atoms with Gasteiger partial charge >= 0.3 is 12.0 Å². The van der Waals surface area contributed by atoms with E-state index < -0.39 is 0 Å². The van der Waals surface area contributed by atoms with Crippen molar-refractivity contribution in [3.8, 4) is 0 Å².